The quantitative estimate of drug-likeness (QED) is 0.504. The zero-order valence-corrected chi connectivity index (χ0v) is 4.71. The lowest BCUT2D eigenvalue weighted by Gasteiger charge is -2.01. The van der Waals surface area contributed by atoms with Gasteiger partial charge in [0.15, 0.2) is 0 Å². The van der Waals surface area contributed by atoms with Crippen LogP contribution in [0.4, 0.5) is 0 Å². The molecule has 0 aliphatic heterocycles. The number of rotatable bonds is 7. The fourth-order valence-corrected chi connectivity index (χ4v) is 0.138. The highest BCUT2D eigenvalue weighted by Crippen LogP contribution is 1.76. The van der Waals surface area contributed by atoms with Gasteiger partial charge >= 0.3 is 0 Å². The molecule has 62 valence electrons. The van der Waals surface area contributed by atoms with Gasteiger partial charge in [-0.1, -0.05) is 0 Å². The predicted molar refractivity (Wildman–Crippen MR) is 35.8 cm³/mol. The average molecular weight is 162 g/mol. The maximum absolute atomic E-state index is 8.87. The van der Waals surface area contributed by atoms with Gasteiger partial charge in [-0.3, -0.25) is 0 Å². The molecule has 0 rings (SSSR count). The summed E-state index contributed by atoms with van der Waals surface area (Å²) >= 11 is 0. The topological polar surface area (TPSA) is 58.9 Å². The first-order chi connectivity index (χ1) is 9.16. The van der Waals surface area contributed by atoms with Crippen LogP contribution < -0.4 is 0 Å². The molecule has 10 heavy (non-hydrogen) atoms. The second-order valence-electron chi connectivity index (χ2n) is 0.836. The number of hydrogen-bond acceptors (Lipinski definition) is 4. The SMILES string of the molecule is [2H]C([2H])(O)C([2H])([2H])OC([2H])([2H])C([2H])([2H])OC([2H])([2H])C([2H])([2H])O. The first kappa shape index (κ1) is 1.77. The zero-order valence-electron chi connectivity index (χ0n) is 16.7. The monoisotopic (exact) mass is 162 g/mol. The van der Waals surface area contributed by atoms with E-state index >= 15 is 0 Å². The average Bonchev–Trinajstić information content (AvgIpc) is 2.09. The van der Waals surface area contributed by atoms with Crippen molar-refractivity contribution in [2.45, 2.75) is 0 Å². The van der Waals surface area contributed by atoms with E-state index in [1.54, 1.807) is 0 Å². The van der Waals surface area contributed by atoms with Gasteiger partial charge in [0.25, 0.3) is 0 Å². The Morgan fingerprint density at radius 2 is 1.30 bits per heavy atom. The van der Waals surface area contributed by atoms with E-state index in [2.05, 4.69) is 9.47 Å². The van der Waals surface area contributed by atoms with Crippen LogP contribution in [0.1, 0.15) is 16.4 Å². The molecule has 0 spiro atoms. The Bertz CT molecular complexity index is 357. The molecule has 0 aromatic carbocycles. The summed E-state index contributed by atoms with van der Waals surface area (Å²) in [5, 5.41) is 17.7. The van der Waals surface area contributed by atoms with Gasteiger partial charge in [0, 0.05) is 0 Å². The molecule has 0 radical (unpaired) electrons. The van der Waals surface area contributed by atoms with E-state index in [0.717, 1.165) is 0 Å². The molecule has 2 N–H and O–H groups in total. The van der Waals surface area contributed by atoms with Gasteiger partial charge in [0.2, 0.25) is 0 Å². The number of ether oxygens (including phenoxy) is 2. The Labute approximate surface area is 77.2 Å². The summed E-state index contributed by atoms with van der Waals surface area (Å²) in [5.41, 5.74) is 0. The zero-order chi connectivity index (χ0) is 18.4. The minimum atomic E-state index is -3.87. The van der Waals surface area contributed by atoms with Crippen molar-refractivity contribution in [1.82, 2.24) is 0 Å². The van der Waals surface area contributed by atoms with Crippen molar-refractivity contribution >= 4 is 0 Å². The predicted octanol–water partition coefficient (Wildman–Crippen LogP) is -0.996. The van der Waals surface area contributed by atoms with Crippen LogP contribution in [0.25, 0.3) is 0 Å². The third kappa shape index (κ3) is 7.84. The summed E-state index contributed by atoms with van der Waals surface area (Å²) in [7, 11) is 0. The summed E-state index contributed by atoms with van der Waals surface area (Å²) in [6.45, 7) is -22.7. The van der Waals surface area contributed by atoms with E-state index in [1.165, 1.54) is 0 Å². The Balaban J connectivity index is 5.44. The molecular weight excluding hydrogens is 136 g/mol. The van der Waals surface area contributed by atoms with Crippen LogP contribution in [0.5, 0.6) is 0 Å². The second kappa shape index (κ2) is 8.84. The molecule has 0 saturated carbocycles. The third-order valence-electron chi connectivity index (χ3n) is 0.337. The van der Waals surface area contributed by atoms with E-state index in [4.69, 9.17) is 26.7 Å². The van der Waals surface area contributed by atoms with E-state index in [0.29, 0.717) is 0 Å². The van der Waals surface area contributed by atoms with E-state index < -0.39 is 39.4 Å². The van der Waals surface area contributed by atoms with Crippen molar-refractivity contribution < 1.29 is 36.1 Å². The molecule has 4 nitrogen and oxygen atoms in total. The van der Waals surface area contributed by atoms with Gasteiger partial charge < -0.3 is 19.7 Å². The molecule has 0 heterocycles. The van der Waals surface area contributed by atoms with E-state index in [1.807, 2.05) is 0 Å². The molecule has 0 aliphatic rings. The van der Waals surface area contributed by atoms with Crippen LogP contribution in [0, 0.1) is 0 Å². The fourth-order valence-electron chi connectivity index (χ4n) is 0.138. The van der Waals surface area contributed by atoms with Crippen molar-refractivity contribution in [1.29, 1.82) is 0 Å². The molecule has 0 aliphatic carbocycles. The maximum Gasteiger partial charge on any atom is 0.0701 e. The maximum atomic E-state index is 8.87. The van der Waals surface area contributed by atoms with Crippen molar-refractivity contribution in [3.63, 3.8) is 0 Å². The second-order valence-corrected chi connectivity index (χ2v) is 0.836. The molecule has 0 fully saturated rings. The van der Waals surface area contributed by atoms with Crippen molar-refractivity contribution in [3.8, 4) is 0 Å². The van der Waals surface area contributed by atoms with Gasteiger partial charge in [-0.15, -0.1) is 0 Å². The number of hydrogen-bond donors (Lipinski definition) is 2. The molecule has 0 amide bonds. The summed E-state index contributed by atoms with van der Waals surface area (Å²) < 4.78 is 91.5. The molecule has 0 aromatic heterocycles. The first-order valence-electron chi connectivity index (χ1n) is 8.01. The highest BCUT2D eigenvalue weighted by atomic mass is 16.5. The fraction of sp³-hybridized carbons (Fsp3) is 1.00. The van der Waals surface area contributed by atoms with Gasteiger partial charge in [-0.2, -0.15) is 0 Å². The Morgan fingerprint density at radius 1 is 0.900 bits per heavy atom. The van der Waals surface area contributed by atoms with Gasteiger partial charge in [0.05, 0.1) is 55.8 Å². The third-order valence-corrected chi connectivity index (χ3v) is 0.337. The number of aliphatic hydroxyl groups is 2. The molecule has 0 bridgehead atoms. The van der Waals surface area contributed by atoms with Crippen molar-refractivity contribution in [2.75, 3.05) is 39.4 Å². The minimum Gasteiger partial charge on any atom is -0.394 e. The summed E-state index contributed by atoms with van der Waals surface area (Å²) in [6, 6.07) is 0. The van der Waals surface area contributed by atoms with Crippen LogP contribution in [-0.4, -0.2) is 49.6 Å². The molecule has 0 aromatic rings. The molecule has 4 heteroatoms. The van der Waals surface area contributed by atoms with Crippen LogP contribution in [-0.2, 0) is 9.47 Å². The highest BCUT2D eigenvalue weighted by molar-refractivity contribution is 4.30. The summed E-state index contributed by atoms with van der Waals surface area (Å²) in [5.74, 6) is 0. The Hall–Kier alpha value is -0.160. The summed E-state index contributed by atoms with van der Waals surface area (Å²) in [6.07, 6.45) is 0. The minimum absolute atomic E-state index is 3.74. The van der Waals surface area contributed by atoms with Crippen LogP contribution in [0.2, 0.25) is 0 Å². The van der Waals surface area contributed by atoms with Gasteiger partial charge in [0.1, 0.15) is 0 Å². The molecule has 0 saturated heterocycles. The van der Waals surface area contributed by atoms with E-state index in [9.17, 15) is 0 Å². The first-order valence-corrected chi connectivity index (χ1v) is 2.01. The Morgan fingerprint density at radius 3 is 1.60 bits per heavy atom. The van der Waals surface area contributed by atoms with Gasteiger partial charge in [-0.05, 0) is 0 Å². The van der Waals surface area contributed by atoms with Crippen LogP contribution in [0.15, 0.2) is 0 Å². The Kier molecular flexibility index (Phi) is 1.57. The lowest BCUT2D eigenvalue weighted by atomic mass is 10.7. The molecular formula is C6H14O4. The van der Waals surface area contributed by atoms with Crippen LogP contribution in [0.3, 0.4) is 0 Å². The highest BCUT2D eigenvalue weighted by Gasteiger charge is 1.86. The molecule has 0 atom stereocenters. The lowest BCUT2D eigenvalue weighted by molar-refractivity contribution is 0.0222. The smallest absolute Gasteiger partial charge is 0.0701 e. The summed E-state index contributed by atoms with van der Waals surface area (Å²) in [4.78, 5) is 0. The van der Waals surface area contributed by atoms with Gasteiger partial charge in [-0.25, -0.2) is 0 Å². The van der Waals surface area contributed by atoms with Crippen LogP contribution >= 0.6 is 0 Å². The largest absolute Gasteiger partial charge is 0.394 e. The normalized spacial score (nSPS) is 36.6. The van der Waals surface area contributed by atoms with E-state index in [-0.39, 0.29) is 0 Å². The molecule has 0 unspecified atom stereocenters. The van der Waals surface area contributed by atoms with Crippen molar-refractivity contribution in [3.05, 3.63) is 0 Å². The standard InChI is InChI=1S/C6H14O4/c7-1-3-9-5-6-10-4-2-8/h7-8H,1-6H2/i1D2,2D2,3D2,4D2,5D2,6D2. The van der Waals surface area contributed by atoms with Crippen molar-refractivity contribution in [2.24, 2.45) is 0 Å². The lowest BCUT2D eigenvalue weighted by Crippen LogP contribution is -2.09.